The van der Waals surface area contributed by atoms with Crippen molar-refractivity contribution in [3.8, 4) is 17.0 Å². The summed E-state index contributed by atoms with van der Waals surface area (Å²) in [5.41, 5.74) is 8.36. The Balaban J connectivity index is 1.32. The van der Waals surface area contributed by atoms with Gasteiger partial charge in [0, 0.05) is 44.4 Å². The number of anilines is 1. The first-order valence-electron chi connectivity index (χ1n) is 11.8. The van der Waals surface area contributed by atoms with Crippen LogP contribution in [0.4, 0.5) is 5.95 Å². The number of nitrogens with two attached hydrogens (primary N) is 1. The molecule has 5 rings (SSSR count). The van der Waals surface area contributed by atoms with Crippen molar-refractivity contribution in [3.63, 3.8) is 0 Å². The number of benzene rings is 1. The third-order valence-corrected chi connectivity index (χ3v) is 7.46. The number of aryl methyl sites for hydroxylation is 2. The first kappa shape index (κ1) is 25.0. The van der Waals surface area contributed by atoms with Gasteiger partial charge in [0.05, 0.1) is 39.5 Å². The van der Waals surface area contributed by atoms with E-state index >= 15 is 0 Å². The molecule has 37 heavy (non-hydrogen) atoms. The Morgan fingerprint density at radius 1 is 1.27 bits per heavy atom. The van der Waals surface area contributed by atoms with E-state index in [9.17, 15) is 14.7 Å². The summed E-state index contributed by atoms with van der Waals surface area (Å²) in [4.78, 5) is 31.1. The summed E-state index contributed by atoms with van der Waals surface area (Å²) in [7, 11) is 3.25. The average molecular weight is 570 g/mol. The number of hydrogen-bond donors (Lipinski definition) is 2. The number of nitrogens with zero attached hydrogens (tertiary/aromatic N) is 6. The van der Waals surface area contributed by atoms with Gasteiger partial charge in [-0.3, -0.25) is 9.69 Å². The third-order valence-electron chi connectivity index (χ3n) is 6.96. The van der Waals surface area contributed by atoms with E-state index in [-0.39, 0.29) is 22.2 Å². The third kappa shape index (κ3) is 4.51. The van der Waals surface area contributed by atoms with Crippen LogP contribution in [0.1, 0.15) is 23.7 Å². The van der Waals surface area contributed by atoms with E-state index in [0.717, 1.165) is 35.0 Å². The monoisotopic (exact) mass is 569 g/mol. The topological polar surface area (TPSA) is 133 Å². The number of hydrogen-bond acceptors (Lipinski definition) is 7. The van der Waals surface area contributed by atoms with E-state index in [0.29, 0.717) is 30.5 Å². The van der Waals surface area contributed by atoms with E-state index < -0.39 is 5.97 Å². The second-order valence-electron chi connectivity index (χ2n) is 9.66. The zero-order chi connectivity index (χ0) is 26.5. The van der Waals surface area contributed by atoms with Gasteiger partial charge in [0.1, 0.15) is 6.61 Å². The van der Waals surface area contributed by atoms with Crippen molar-refractivity contribution < 1.29 is 14.6 Å². The molecule has 1 aromatic carbocycles. The van der Waals surface area contributed by atoms with Gasteiger partial charge in [-0.25, -0.2) is 14.5 Å². The number of halogens is 1. The van der Waals surface area contributed by atoms with Gasteiger partial charge in [0.25, 0.3) is 5.56 Å². The van der Waals surface area contributed by atoms with Crippen LogP contribution < -0.4 is 16.0 Å². The van der Waals surface area contributed by atoms with Crippen molar-refractivity contribution in [2.75, 3.05) is 32.0 Å². The predicted octanol–water partition coefficient (Wildman–Crippen LogP) is 2.68. The van der Waals surface area contributed by atoms with E-state index in [4.69, 9.17) is 10.5 Å². The number of carboxylic acids is 1. The van der Waals surface area contributed by atoms with E-state index in [1.54, 1.807) is 11.7 Å². The molecule has 1 aliphatic rings. The molecule has 0 saturated carbocycles. The molecule has 0 spiro atoms. The van der Waals surface area contributed by atoms with E-state index in [2.05, 4.69) is 42.4 Å². The molecule has 4 heterocycles. The molecule has 0 aliphatic carbocycles. The number of likely N-dealkylation sites (tertiary alicyclic amines) is 1. The fraction of sp³-hybridized carbons (Fsp3) is 0.360. The molecule has 1 atom stereocenters. The molecule has 1 unspecified atom stereocenters. The molecule has 12 heteroatoms. The first-order chi connectivity index (χ1) is 17.6. The number of imidazole rings is 1. The van der Waals surface area contributed by atoms with Gasteiger partial charge in [0.2, 0.25) is 11.8 Å². The highest BCUT2D eigenvalue weighted by molar-refractivity contribution is 9.10. The van der Waals surface area contributed by atoms with E-state index in [1.165, 1.54) is 30.1 Å². The highest BCUT2D eigenvalue weighted by Crippen LogP contribution is 2.35. The smallest absolute Gasteiger partial charge is 0.337 e. The summed E-state index contributed by atoms with van der Waals surface area (Å²) in [6, 6.07) is 7.32. The summed E-state index contributed by atoms with van der Waals surface area (Å²) < 4.78 is 12.0. The number of carboxylic acid groups (broad SMARTS) is 1. The largest absolute Gasteiger partial charge is 0.478 e. The molecule has 11 nitrogen and oxygen atoms in total. The lowest BCUT2D eigenvalue weighted by molar-refractivity contribution is 0.0696. The molecule has 194 valence electrons. The summed E-state index contributed by atoms with van der Waals surface area (Å²) in [6.07, 6.45) is 3.73. The van der Waals surface area contributed by atoms with Crippen molar-refractivity contribution >= 4 is 38.9 Å². The number of nitrogen functional groups attached to an aromatic ring is 1. The number of aromatic nitrogens is 5. The Morgan fingerprint density at radius 2 is 2.05 bits per heavy atom. The molecule has 3 N–H and O–H groups in total. The average Bonchev–Trinajstić information content (AvgIpc) is 3.50. The Kier molecular flexibility index (Phi) is 6.32. The van der Waals surface area contributed by atoms with Gasteiger partial charge < -0.3 is 24.7 Å². The molecular formula is C25H28BrN7O4. The Hall–Kier alpha value is -3.64. The molecule has 1 saturated heterocycles. The Labute approximate surface area is 221 Å². The van der Waals surface area contributed by atoms with Crippen LogP contribution in [0.15, 0.2) is 45.9 Å². The van der Waals surface area contributed by atoms with Gasteiger partial charge >= 0.3 is 5.97 Å². The predicted molar refractivity (Wildman–Crippen MR) is 143 cm³/mol. The van der Waals surface area contributed by atoms with Crippen LogP contribution in [-0.4, -0.2) is 66.1 Å². The lowest BCUT2D eigenvalue weighted by atomic mass is 10.0. The van der Waals surface area contributed by atoms with Crippen molar-refractivity contribution in [2.24, 2.45) is 14.1 Å². The molecule has 4 aromatic rings. The fourth-order valence-electron chi connectivity index (χ4n) is 5.12. The normalized spacial score (nSPS) is 18.1. The summed E-state index contributed by atoms with van der Waals surface area (Å²) in [6.45, 7) is 4.86. The van der Waals surface area contributed by atoms with Crippen molar-refractivity contribution in [2.45, 2.75) is 18.9 Å². The molecule has 0 amide bonds. The number of ether oxygens (including phenoxy) is 1. The Bertz CT molecular complexity index is 1570. The van der Waals surface area contributed by atoms with Crippen molar-refractivity contribution in [1.29, 1.82) is 0 Å². The molecular weight excluding hydrogens is 542 g/mol. The maximum atomic E-state index is 12.8. The maximum Gasteiger partial charge on any atom is 0.337 e. The van der Waals surface area contributed by atoms with Gasteiger partial charge in [0.15, 0.2) is 0 Å². The minimum atomic E-state index is -1.11. The molecule has 0 radical (unpaired) electrons. The van der Waals surface area contributed by atoms with Crippen LogP contribution in [0.5, 0.6) is 5.88 Å². The number of rotatable bonds is 7. The SMILES string of the molecule is Cn1ncc(-c2cc(C(=O)O)cn(C)c2=O)c1OCCN1CCC(C)(n2c(N)nc3ccc(Br)cc32)C1. The second kappa shape index (κ2) is 9.34. The summed E-state index contributed by atoms with van der Waals surface area (Å²) in [5, 5.41) is 13.7. The van der Waals surface area contributed by atoms with Crippen LogP contribution in [0, 0.1) is 0 Å². The van der Waals surface area contributed by atoms with Gasteiger partial charge in [-0.2, -0.15) is 5.10 Å². The lowest BCUT2D eigenvalue weighted by Crippen LogP contribution is -2.36. The lowest BCUT2D eigenvalue weighted by Gasteiger charge is -2.28. The highest BCUT2D eigenvalue weighted by atomic mass is 79.9. The van der Waals surface area contributed by atoms with Crippen LogP contribution >= 0.6 is 15.9 Å². The minimum Gasteiger partial charge on any atom is -0.478 e. The van der Waals surface area contributed by atoms with Gasteiger partial charge in [-0.05, 0) is 37.6 Å². The fourth-order valence-corrected chi connectivity index (χ4v) is 5.47. The molecule has 3 aromatic heterocycles. The van der Waals surface area contributed by atoms with Crippen molar-refractivity contribution in [3.05, 3.63) is 57.0 Å². The van der Waals surface area contributed by atoms with Crippen molar-refractivity contribution in [1.82, 2.24) is 28.8 Å². The number of carbonyl (C=O) groups is 1. The molecule has 1 fully saturated rings. The molecule has 1 aliphatic heterocycles. The zero-order valence-electron chi connectivity index (χ0n) is 20.8. The van der Waals surface area contributed by atoms with Gasteiger partial charge in [-0.1, -0.05) is 15.9 Å². The minimum absolute atomic E-state index is 0.0154. The summed E-state index contributed by atoms with van der Waals surface area (Å²) >= 11 is 3.55. The van der Waals surface area contributed by atoms with E-state index in [1.807, 2.05) is 18.2 Å². The maximum absolute atomic E-state index is 12.8. The quantitative estimate of drug-likeness (QED) is 0.347. The standard InChI is InChI=1S/C25H28BrN7O4/c1-25(33-20-11-16(26)4-5-19(20)29-24(33)27)6-7-32(14-25)8-9-37-22-18(12-28-31(22)3)17-10-15(23(35)36)13-30(2)21(17)34/h4-5,10-13H,6-9,14H2,1-3H3,(H2,27,29)(H,35,36). The first-order valence-corrected chi connectivity index (χ1v) is 12.6. The second-order valence-corrected chi connectivity index (χ2v) is 10.6. The molecule has 0 bridgehead atoms. The number of aromatic carboxylic acids is 1. The zero-order valence-corrected chi connectivity index (χ0v) is 22.4. The van der Waals surface area contributed by atoms with Gasteiger partial charge in [-0.15, -0.1) is 0 Å². The summed E-state index contributed by atoms with van der Waals surface area (Å²) in [5.74, 6) is -0.200. The van der Waals surface area contributed by atoms with Crippen LogP contribution in [0.25, 0.3) is 22.2 Å². The van der Waals surface area contributed by atoms with Crippen LogP contribution in [0.2, 0.25) is 0 Å². The van der Waals surface area contributed by atoms with Crippen LogP contribution in [-0.2, 0) is 19.6 Å². The number of pyridine rings is 1. The highest BCUT2D eigenvalue weighted by Gasteiger charge is 2.37. The number of fused-ring (bicyclic) bond motifs is 1. The Morgan fingerprint density at radius 3 is 2.81 bits per heavy atom. The van der Waals surface area contributed by atoms with Crippen LogP contribution in [0.3, 0.4) is 0 Å².